The standard InChI is InChI=1S/C9H12F3N3/c1-15-7-3-2-4-13-5-6(7)8(14-15)9(10,11)12/h13H,2-5H2,1H3. The number of nitrogens with zero attached hydrogens (tertiary/aromatic N) is 2. The first-order valence-corrected chi connectivity index (χ1v) is 4.83. The fraction of sp³-hybridized carbons (Fsp3) is 0.667. The summed E-state index contributed by atoms with van der Waals surface area (Å²) in [7, 11) is 1.57. The Labute approximate surface area is 85.3 Å². The minimum atomic E-state index is -4.35. The molecule has 2 rings (SSSR count). The number of aryl methyl sites for hydroxylation is 1. The Bertz CT molecular complexity index is 367. The Hall–Kier alpha value is -1.04. The molecule has 0 saturated heterocycles. The van der Waals surface area contributed by atoms with Gasteiger partial charge in [-0.2, -0.15) is 18.3 Å². The molecule has 1 aromatic rings. The predicted molar refractivity (Wildman–Crippen MR) is 48.2 cm³/mol. The molecule has 1 aromatic heterocycles. The normalized spacial score (nSPS) is 17.3. The largest absolute Gasteiger partial charge is 0.435 e. The van der Waals surface area contributed by atoms with E-state index in [2.05, 4.69) is 10.4 Å². The van der Waals surface area contributed by atoms with Crippen molar-refractivity contribution < 1.29 is 13.2 Å². The van der Waals surface area contributed by atoms with Gasteiger partial charge in [0.25, 0.3) is 0 Å². The Morgan fingerprint density at radius 2 is 2.13 bits per heavy atom. The van der Waals surface area contributed by atoms with E-state index in [-0.39, 0.29) is 6.54 Å². The van der Waals surface area contributed by atoms with Crippen molar-refractivity contribution in [2.45, 2.75) is 25.6 Å². The third-order valence-corrected chi connectivity index (χ3v) is 2.61. The number of aromatic nitrogens is 2. The zero-order chi connectivity index (χ0) is 11.1. The molecule has 0 aromatic carbocycles. The molecule has 0 atom stereocenters. The van der Waals surface area contributed by atoms with E-state index in [1.165, 1.54) is 4.68 Å². The zero-order valence-corrected chi connectivity index (χ0v) is 8.36. The molecule has 3 nitrogen and oxygen atoms in total. The Morgan fingerprint density at radius 1 is 1.40 bits per heavy atom. The molecule has 1 N–H and O–H groups in total. The molecule has 0 fully saturated rings. The number of hydrogen-bond acceptors (Lipinski definition) is 2. The summed E-state index contributed by atoms with van der Waals surface area (Å²) in [6, 6.07) is 0. The van der Waals surface area contributed by atoms with E-state index >= 15 is 0 Å². The molecule has 0 amide bonds. The maximum Gasteiger partial charge on any atom is 0.435 e. The van der Waals surface area contributed by atoms with Crippen molar-refractivity contribution in [2.24, 2.45) is 7.05 Å². The monoisotopic (exact) mass is 219 g/mol. The third-order valence-electron chi connectivity index (χ3n) is 2.61. The highest BCUT2D eigenvalue weighted by atomic mass is 19.4. The molecule has 1 aliphatic rings. The Balaban J connectivity index is 2.49. The van der Waals surface area contributed by atoms with Gasteiger partial charge in [0.2, 0.25) is 0 Å². The second-order valence-corrected chi connectivity index (χ2v) is 3.68. The number of rotatable bonds is 0. The summed E-state index contributed by atoms with van der Waals surface area (Å²) < 4.78 is 39.2. The van der Waals surface area contributed by atoms with E-state index in [0.717, 1.165) is 13.0 Å². The SMILES string of the molecule is Cn1nc(C(F)(F)F)c2c1CCCNC2. The first-order valence-electron chi connectivity index (χ1n) is 4.83. The van der Waals surface area contributed by atoms with E-state index in [0.29, 0.717) is 17.7 Å². The van der Waals surface area contributed by atoms with E-state index in [1.54, 1.807) is 7.05 Å². The Morgan fingerprint density at radius 3 is 2.80 bits per heavy atom. The van der Waals surface area contributed by atoms with Gasteiger partial charge in [-0.1, -0.05) is 0 Å². The van der Waals surface area contributed by atoms with Crippen LogP contribution in [0.5, 0.6) is 0 Å². The van der Waals surface area contributed by atoms with E-state index < -0.39 is 11.9 Å². The number of alkyl halides is 3. The lowest BCUT2D eigenvalue weighted by Gasteiger charge is -2.05. The third kappa shape index (κ3) is 1.86. The summed E-state index contributed by atoms with van der Waals surface area (Å²) in [5, 5.41) is 6.53. The highest BCUT2D eigenvalue weighted by Crippen LogP contribution is 2.33. The van der Waals surface area contributed by atoms with Gasteiger partial charge in [-0.25, -0.2) is 0 Å². The van der Waals surface area contributed by atoms with Gasteiger partial charge in [0.15, 0.2) is 5.69 Å². The van der Waals surface area contributed by atoms with Crippen LogP contribution < -0.4 is 5.32 Å². The molecule has 0 radical (unpaired) electrons. The summed E-state index contributed by atoms with van der Waals surface area (Å²) >= 11 is 0. The fourth-order valence-corrected chi connectivity index (χ4v) is 1.92. The Kier molecular flexibility index (Phi) is 2.46. The van der Waals surface area contributed by atoms with Gasteiger partial charge in [0.05, 0.1) is 0 Å². The maximum absolute atomic E-state index is 12.6. The van der Waals surface area contributed by atoms with Gasteiger partial charge in [-0.3, -0.25) is 4.68 Å². The van der Waals surface area contributed by atoms with Crippen molar-refractivity contribution in [1.29, 1.82) is 0 Å². The molecule has 0 saturated carbocycles. The van der Waals surface area contributed by atoms with Crippen LogP contribution in [0.4, 0.5) is 13.2 Å². The number of fused-ring (bicyclic) bond motifs is 1. The summed E-state index contributed by atoms with van der Waals surface area (Å²) in [6.45, 7) is 1.02. The average Bonchev–Trinajstić information content (AvgIpc) is 2.37. The van der Waals surface area contributed by atoms with Crippen molar-refractivity contribution in [3.8, 4) is 0 Å². The number of halogens is 3. The van der Waals surface area contributed by atoms with Crippen LogP contribution in [-0.4, -0.2) is 16.3 Å². The minimum Gasteiger partial charge on any atom is -0.313 e. The average molecular weight is 219 g/mol. The van der Waals surface area contributed by atoms with Gasteiger partial charge >= 0.3 is 6.18 Å². The van der Waals surface area contributed by atoms with Crippen LogP contribution in [0, 0.1) is 0 Å². The molecule has 0 aliphatic carbocycles. The summed E-state index contributed by atoms with van der Waals surface area (Å²) in [5.41, 5.74) is 0.268. The fourth-order valence-electron chi connectivity index (χ4n) is 1.92. The van der Waals surface area contributed by atoms with Gasteiger partial charge in [0, 0.05) is 24.8 Å². The maximum atomic E-state index is 12.6. The van der Waals surface area contributed by atoms with Gasteiger partial charge in [0.1, 0.15) is 0 Å². The first kappa shape index (κ1) is 10.5. The van der Waals surface area contributed by atoms with Crippen LogP contribution in [-0.2, 0) is 26.2 Å². The van der Waals surface area contributed by atoms with Crippen LogP contribution in [0.25, 0.3) is 0 Å². The van der Waals surface area contributed by atoms with E-state index in [4.69, 9.17) is 0 Å². The topological polar surface area (TPSA) is 29.9 Å². The van der Waals surface area contributed by atoms with Crippen molar-refractivity contribution in [1.82, 2.24) is 15.1 Å². The molecular formula is C9H12F3N3. The van der Waals surface area contributed by atoms with Gasteiger partial charge in [-0.15, -0.1) is 0 Å². The quantitative estimate of drug-likeness (QED) is 0.716. The van der Waals surface area contributed by atoms with Gasteiger partial charge in [-0.05, 0) is 19.4 Å². The summed E-state index contributed by atoms with van der Waals surface area (Å²) in [6.07, 6.45) is -2.84. The second kappa shape index (κ2) is 3.52. The lowest BCUT2D eigenvalue weighted by Crippen LogP contribution is -2.16. The minimum absolute atomic E-state index is 0.262. The first-order chi connectivity index (χ1) is 7.00. The second-order valence-electron chi connectivity index (χ2n) is 3.68. The highest BCUT2D eigenvalue weighted by molar-refractivity contribution is 5.29. The molecule has 84 valence electrons. The molecule has 0 unspecified atom stereocenters. The summed E-state index contributed by atoms with van der Waals surface area (Å²) in [5.74, 6) is 0. The van der Waals surface area contributed by atoms with Crippen LogP contribution in [0.3, 0.4) is 0 Å². The van der Waals surface area contributed by atoms with Crippen molar-refractivity contribution in [2.75, 3.05) is 6.54 Å². The predicted octanol–water partition coefficient (Wildman–Crippen LogP) is 1.47. The zero-order valence-electron chi connectivity index (χ0n) is 8.36. The molecule has 1 aliphatic heterocycles. The summed E-state index contributed by atoms with van der Waals surface area (Å²) in [4.78, 5) is 0. The molecule has 2 heterocycles. The lowest BCUT2D eigenvalue weighted by molar-refractivity contribution is -0.142. The lowest BCUT2D eigenvalue weighted by atomic mass is 10.1. The van der Waals surface area contributed by atoms with Crippen molar-refractivity contribution >= 4 is 0 Å². The van der Waals surface area contributed by atoms with Crippen molar-refractivity contribution in [3.05, 3.63) is 17.0 Å². The van der Waals surface area contributed by atoms with Gasteiger partial charge < -0.3 is 5.32 Å². The number of nitrogens with one attached hydrogen (secondary N) is 1. The van der Waals surface area contributed by atoms with E-state index in [9.17, 15) is 13.2 Å². The van der Waals surface area contributed by atoms with E-state index in [1.807, 2.05) is 0 Å². The highest BCUT2D eigenvalue weighted by Gasteiger charge is 2.38. The van der Waals surface area contributed by atoms with Crippen LogP contribution in [0.2, 0.25) is 0 Å². The van der Waals surface area contributed by atoms with Crippen LogP contribution in [0.1, 0.15) is 23.4 Å². The molecule has 15 heavy (non-hydrogen) atoms. The van der Waals surface area contributed by atoms with Crippen LogP contribution in [0.15, 0.2) is 0 Å². The molecular weight excluding hydrogens is 207 g/mol. The smallest absolute Gasteiger partial charge is 0.313 e. The molecule has 6 heteroatoms. The molecule has 0 spiro atoms. The van der Waals surface area contributed by atoms with Crippen molar-refractivity contribution in [3.63, 3.8) is 0 Å². The number of hydrogen-bond donors (Lipinski definition) is 1. The molecule has 0 bridgehead atoms. The van der Waals surface area contributed by atoms with Crippen LogP contribution >= 0.6 is 0 Å².